The summed E-state index contributed by atoms with van der Waals surface area (Å²) in [7, 11) is -3.71. The lowest BCUT2D eigenvalue weighted by Crippen LogP contribution is -2.37. The summed E-state index contributed by atoms with van der Waals surface area (Å²) in [5.41, 5.74) is 4.02. The zero-order valence-corrected chi connectivity index (χ0v) is 20.8. The van der Waals surface area contributed by atoms with Crippen molar-refractivity contribution in [3.8, 4) is 0 Å². The molecule has 0 aliphatic carbocycles. The molecule has 2 N–H and O–H groups in total. The van der Waals surface area contributed by atoms with Gasteiger partial charge in [0.1, 0.15) is 6.23 Å². The first kappa shape index (κ1) is 25.1. The second kappa shape index (κ2) is 10.3. The second-order valence-electron chi connectivity index (χ2n) is 9.14. The molecule has 2 aromatic rings. The number of hydrogen-bond acceptors (Lipinski definition) is 5. The average molecular weight is 498 g/mol. The van der Waals surface area contributed by atoms with Crippen LogP contribution < -0.4 is 10.6 Å². The molecule has 0 saturated carbocycles. The normalized spacial score (nSPS) is 21.9. The Labute approximate surface area is 206 Å². The number of carbonyl (C=O) groups excluding carboxylic acids is 2. The summed E-state index contributed by atoms with van der Waals surface area (Å²) in [6.45, 7) is 8.60. The lowest BCUT2D eigenvalue weighted by atomic mass is 10.0. The molecule has 0 radical (unpaired) electrons. The Bertz CT molecular complexity index is 1210. The Hall–Kier alpha value is -3.01. The lowest BCUT2D eigenvalue weighted by Gasteiger charge is -2.19. The van der Waals surface area contributed by atoms with E-state index >= 15 is 0 Å². The fourth-order valence-electron chi connectivity index (χ4n) is 4.54. The number of nitrogens with zero attached hydrogens (tertiary/aromatic N) is 1. The van der Waals surface area contributed by atoms with Gasteiger partial charge in [-0.3, -0.25) is 9.59 Å². The fourth-order valence-corrected chi connectivity index (χ4v) is 6.05. The average Bonchev–Trinajstić information content (AvgIpc) is 3.40. The van der Waals surface area contributed by atoms with Gasteiger partial charge in [0.25, 0.3) is 5.91 Å². The number of fused-ring (bicyclic) bond motifs is 1. The number of sulfonamides is 1. The molecule has 186 valence electrons. The molecule has 2 fully saturated rings. The van der Waals surface area contributed by atoms with Crippen LogP contribution in [-0.4, -0.2) is 56.5 Å². The maximum absolute atomic E-state index is 13.1. The van der Waals surface area contributed by atoms with Gasteiger partial charge in [0.05, 0.1) is 11.0 Å². The summed E-state index contributed by atoms with van der Waals surface area (Å²) in [6, 6.07) is 12.3. The molecule has 0 spiro atoms. The van der Waals surface area contributed by atoms with Gasteiger partial charge < -0.3 is 15.4 Å². The monoisotopic (exact) mass is 497 g/mol. The molecule has 8 nitrogen and oxygen atoms in total. The largest absolute Gasteiger partial charge is 0.354 e. The highest BCUT2D eigenvalue weighted by Crippen LogP contribution is 2.34. The summed E-state index contributed by atoms with van der Waals surface area (Å²) in [5.74, 6) is -0.536. The van der Waals surface area contributed by atoms with Crippen molar-refractivity contribution in [3.63, 3.8) is 0 Å². The third-order valence-electron chi connectivity index (χ3n) is 6.72. The molecule has 0 aromatic heterocycles. The van der Waals surface area contributed by atoms with E-state index in [0.29, 0.717) is 25.1 Å². The minimum Gasteiger partial charge on any atom is -0.354 e. The highest BCUT2D eigenvalue weighted by Gasteiger charge is 2.46. The maximum Gasteiger partial charge on any atom is 0.251 e. The zero-order chi connectivity index (χ0) is 25.2. The first-order chi connectivity index (χ1) is 16.7. The predicted molar refractivity (Wildman–Crippen MR) is 132 cm³/mol. The molecule has 2 aromatic carbocycles. The Kier molecular flexibility index (Phi) is 7.39. The molecule has 3 unspecified atom stereocenters. The van der Waals surface area contributed by atoms with Gasteiger partial charge in [-0.05, 0) is 73.7 Å². The fraction of sp³-hybridized carbons (Fsp3) is 0.385. The van der Waals surface area contributed by atoms with Crippen LogP contribution in [0.3, 0.4) is 0 Å². The van der Waals surface area contributed by atoms with Crippen LogP contribution >= 0.6 is 0 Å². The van der Waals surface area contributed by atoms with Gasteiger partial charge in [0.15, 0.2) is 0 Å². The Morgan fingerprint density at radius 3 is 2.51 bits per heavy atom. The van der Waals surface area contributed by atoms with E-state index in [1.807, 2.05) is 0 Å². The van der Waals surface area contributed by atoms with Gasteiger partial charge in [0, 0.05) is 31.1 Å². The van der Waals surface area contributed by atoms with Crippen LogP contribution in [0.1, 0.15) is 33.5 Å². The summed E-state index contributed by atoms with van der Waals surface area (Å²) in [5, 5.41) is 5.59. The minimum atomic E-state index is -3.71. The first-order valence-corrected chi connectivity index (χ1v) is 13.1. The van der Waals surface area contributed by atoms with Crippen molar-refractivity contribution < 1.29 is 22.7 Å². The number of hydrogen-bond donors (Lipinski definition) is 2. The maximum atomic E-state index is 13.1. The first-order valence-electron chi connectivity index (χ1n) is 11.7. The highest BCUT2D eigenvalue weighted by molar-refractivity contribution is 7.89. The third kappa shape index (κ3) is 5.63. The molecule has 2 saturated heterocycles. The van der Waals surface area contributed by atoms with Crippen LogP contribution in [0.2, 0.25) is 0 Å². The van der Waals surface area contributed by atoms with E-state index in [4.69, 9.17) is 4.74 Å². The van der Waals surface area contributed by atoms with E-state index in [0.717, 1.165) is 12.0 Å². The number of amides is 2. The van der Waals surface area contributed by atoms with E-state index in [9.17, 15) is 18.0 Å². The van der Waals surface area contributed by atoms with Crippen molar-refractivity contribution >= 4 is 21.8 Å². The van der Waals surface area contributed by atoms with Gasteiger partial charge in [-0.15, -0.1) is 0 Å². The van der Waals surface area contributed by atoms with Crippen molar-refractivity contribution in [1.29, 1.82) is 0 Å². The number of ether oxygens (including phenoxy) is 1. The molecule has 9 heteroatoms. The number of aryl methyl sites for hydroxylation is 2. The van der Waals surface area contributed by atoms with Crippen LogP contribution in [0, 0.1) is 19.8 Å². The number of nitrogens with one attached hydrogen (secondary N) is 2. The van der Waals surface area contributed by atoms with Gasteiger partial charge >= 0.3 is 0 Å². The second-order valence-corrected chi connectivity index (χ2v) is 11.1. The van der Waals surface area contributed by atoms with Crippen LogP contribution in [0.15, 0.2) is 60.0 Å². The van der Waals surface area contributed by atoms with Crippen molar-refractivity contribution in [2.24, 2.45) is 5.92 Å². The molecule has 0 bridgehead atoms. The van der Waals surface area contributed by atoms with Crippen LogP contribution in [0.4, 0.5) is 0 Å². The molecule has 2 amide bonds. The van der Waals surface area contributed by atoms with Crippen molar-refractivity contribution in [2.75, 3.05) is 19.6 Å². The molecule has 2 heterocycles. The number of rotatable bonds is 8. The number of carbonyl (C=O) groups is 2. The van der Waals surface area contributed by atoms with E-state index in [1.54, 1.807) is 0 Å². The van der Waals surface area contributed by atoms with Gasteiger partial charge in [-0.25, -0.2) is 8.42 Å². The van der Waals surface area contributed by atoms with Crippen LogP contribution in [-0.2, 0) is 26.0 Å². The highest BCUT2D eigenvalue weighted by atomic mass is 32.2. The molecular weight excluding hydrogens is 466 g/mol. The van der Waals surface area contributed by atoms with Crippen LogP contribution in [0.25, 0.3) is 0 Å². The topological polar surface area (TPSA) is 105 Å². The molecule has 3 atom stereocenters. The molecule has 4 rings (SSSR count). The molecule has 35 heavy (non-hydrogen) atoms. The summed E-state index contributed by atoms with van der Waals surface area (Å²) >= 11 is 0. The quantitative estimate of drug-likeness (QED) is 0.545. The summed E-state index contributed by atoms with van der Waals surface area (Å²) < 4.78 is 33.5. The molecule has 2 aliphatic rings. The summed E-state index contributed by atoms with van der Waals surface area (Å²) in [6.07, 6.45) is 1.77. The van der Waals surface area contributed by atoms with E-state index in [-0.39, 0.29) is 35.3 Å². The van der Waals surface area contributed by atoms with Crippen molar-refractivity contribution in [1.82, 2.24) is 14.9 Å². The van der Waals surface area contributed by atoms with E-state index in [2.05, 4.69) is 49.3 Å². The Morgan fingerprint density at radius 1 is 1.11 bits per heavy atom. The zero-order valence-electron chi connectivity index (χ0n) is 20.0. The smallest absolute Gasteiger partial charge is 0.251 e. The van der Waals surface area contributed by atoms with Crippen LogP contribution in [0.5, 0.6) is 0 Å². The molecular formula is C26H31N3O5S. The Balaban J connectivity index is 1.31. The van der Waals surface area contributed by atoms with Crippen molar-refractivity contribution in [2.45, 2.75) is 43.9 Å². The van der Waals surface area contributed by atoms with Gasteiger partial charge in [0.2, 0.25) is 15.9 Å². The summed E-state index contributed by atoms with van der Waals surface area (Å²) in [4.78, 5) is 24.1. The number of benzene rings is 2. The third-order valence-corrected chi connectivity index (χ3v) is 8.56. The standard InChI is InChI=1S/C26H31N3O5S/c1-4-24(30)28-25-14-21-15-29(16-23(21)34-25)35(32,33)22-9-7-20(8-10-22)26(31)27-12-11-19-6-5-17(2)18(3)13-19/h4-10,13,21,23,25H,1,11-12,14-16H2,2-3H3,(H,27,31)(H,28,30). The molecule has 2 aliphatic heterocycles. The lowest BCUT2D eigenvalue weighted by molar-refractivity contribution is -0.120. The van der Waals surface area contributed by atoms with E-state index < -0.39 is 16.3 Å². The van der Waals surface area contributed by atoms with Gasteiger partial charge in [-0.2, -0.15) is 4.31 Å². The Morgan fingerprint density at radius 2 is 1.86 bits per heavy atom. The SMILES string of the molecule is C=CC(=O)NC1CC2CN(S(=O)(=O)c3ccc(C(=O)NCCc4ccc(C)c(C)c4)cc3)CC2O1. The predicted octanol–water partition coefficient (Wildman–Crippen LogP) is 2.31. The van der Waals surface area contributed by atoms with E-state index in [1.165, 1.54) is 45.8 Å². The minimum absolute atomic E-state index is 0.0160. The van der Waals surface area contributed by atoms with Gasteiger partial charge in [-0.1, -0.05) is 24.8 Å². The van der Waals surface area contributed by atoms with Crippen molar-refractivity contribution in [3.05, 3.63) is 77.4 Å².